The normalized spacial score (nSPS) is 31.5. The van der Waals surface area contributed by atoms with Gasteiger partial charge in [0.2, 0.25) is 5.91 Å². The lowest BCUT2D eigenvalue weighted by molar-refractivity contribution is -0.152. The average molecular weight is 355 g/mol. The summed E-state index contributed by atoms with van der Waals surface area (Å²) in [6, 6.07) is 7.94. The minimum absolute atomic E-state index is 0.0322. The number of fused-ring (bicyclic) bond motifs is 1. The lowest BCUT2D eigenvalue weighted by Gasteiger charge is -2.23. The minimum Gasteiger partial charge on any atom is -0.465 e. The molecule has 5 heteroatoms. The van der Waals surface area contributed by atoms with Crippen LogP contribution in [0.4, 0.5) is 5.69 Å². The molecule has 0 N–H and O–H groups in total. The first-order valence-corrected chi connectivity index (χ1v) is 9.54. The molecule has 5 nitrogen and oxygen atoms in total. The van der Waals surface area contributed by atoms with Crippen molar-refractivity contribution < 1.29 is 19.1 Å². The lowest BCUT2D eigenvalue weighted by Crippen LogP contribution is -2.40. The molecule has 0 radical (unpaired) electrons. The fourth-order valence-corrected chi connectivity index (χ4v) is 4.46. The number of nitrogens with zero attached hydrogens (tertiary/aromatic N) is 1. The van der Waals surface area contributed by atoms with Crippen molar-refractivity contribution in [1.82, 2.24) is 0 Å². The Morgan fingerprint density at radius 3 is 2.92 bits per heavy atom. The van der Waals surface area contributed by atoms with Crippen LogP contribution >= 0.6 is 0 Å². The third-order valence-corrected chi connectivity index (χ3v) is 5.78. The summed E-state index contributed by atoms with van der Waals surface area (Å²) >= 11 is 0. The van der Waals surface area contributed by atoms with E-state index >= 15 is 0 Å². The van der Waals surface area contributed by atoms with Crippen molar-refractivity contribution in [2.75, 3.05) is 18.1 Å². The molecule has 0 aliphatic carbocycles. The van der Waals surface area contributed by atoms with Crippen molar-refractivity contribution in [1.29, 1.82) is 0 Å². The zero-order chi connectivity index (χ0) is 18.3. The van der Waals surface area contributed by atoms with Crippen LogP contribution in [0.2, 0.25) is 0 Å². The first-order valence-electron chi connectivity index (χ1n) is 9.54. The Kier molecular flexibility index (Phi) is 4.35. The van der Waals surface area contributed by atoms with Gasteiger partial charge in [0.05, 0.1) is 25.2 Å². The molecule has 1 amide bonds. The quantitative estimate of drug-likeness (QED) is 0.447. The van der Waals surface area contributed by atoms with Gasteiger partial charge < -0.3 is 14.4 Å². The van der Waals surface area contributed by atoms with E-state index in [2.05, 4.69) is 13.8 Å². The van der Waals surface area contributed by atoms with E-state index in [0.717, 1.165) is 30.5 Å². The Balaban J connectivity index is 1.62. The Hall–Kier alpha value is -2.14. The van der Waals surface area contributed by atoms with Crippen LogP contribution in [0.3, 0.4) is 0 Å². The Morgan fingerprint density at radius 1 is 1.35 bits per heavy atom. The van der Waals surface area contributed by atoms with E-state index in [1.54, 1.807) is 4.90 Å². The summed E-state index contributed by atoms with van der Waals surface area (Å²) in [4.78, 5) is 27.7. The number of hydrogen-bond donors (Lipinski definition) is 0. The highest BCUT2D eigenvalue weighted by Crippen LogP contribution is 2.53. The highest BCUT2D eigenvalue weighted by molar-refractivity contribution is 6.03. The van der Waals surface area contributed by atoms with Crippen LogP contribution in [0, 0.1) is 11.8 Å². The molecular weight excluding hydrogens is 330 g/mol. The van der Waals surface area contributed by atoms with Gasteiger partial charge in [-0.15, -0.1) is 0 Å². The second-order valence-electron chi connectivity index (χ2n) is 7.33. The predicted octanol–water partition coefficient (Wildman–Crippen LogP) is 2.88. The number of rotatable bonds is 6. The van der Waals surface area contributed by atoms with E-state index in [4.69, 9.17) is 9.47 Å². The van der Waals surface area contributed by atoms with Gasteiger partial charge in [0.15, 0.2) is 0 Å². The second kappa shape index (κ2) is 6.54. The van der Waals surface area contributed by atoms with Crippen LogP contribution in [-0.4, -0.2) is 36.7 Å². The molecule has 4 rings (SSSR count). The van der Waals surface area contributed by atoms with Crippen molar-refractivity contribution in [3.8, 4) is 0 Å². The van der Waals surface area contributed by atoms with Crippen molar-refractivity contribution in [3.63, 3.8) is 0 Å². The van der Waals surface area contributed by atoms with E-state index in [1.165, 1.54) is 0 Å². The van der Waals surface area contributed by atoms with Crippen molar-refractivity contribution in [2.24, 2.45) is 11.8 Å². The summed E-state index contributed by atoms with van der Waals surface area (Å²) in [5.74, 6) is -1.37. The summed E-state index contributed by atoms with van der Waals surface area (Å²) in [7, 11) is 0. The molecule has 2 fully saturated rings. The van der Waals surface area contributed by atoms with Gasteiger partial charge in [0, 0.05) is 5.69 Å². The summed E-state index contributed by atoms with van der Waals surface area (Å²) < 4.78 is 11.6. The Labute approximate surface area is 154 Å². The molecule has 1 unspecified atom stereocenters. The van der Waals surface area contributed by atoms with Crippen molar-refractivity contribution in [3.05, 3.63) is 42.0 Å². The largest absolute Gasteiger partial charge is 0.465 e. The highest BCUT2D eigenvalue weighted by atomic mass is 16.6. The summed E-state index contributed by atoms with van der Waals surface area (Å²) in [6.45, 7) is 4.99. The van der Waals surface area contributed by atoms with Gasteiger partial charge in [-0.1, -0.05) is 50.6 Å². The first-order chi connectivity index (χ1) is 12.6. The molecule has 26 heavy (non-hydrogen) atoms. The van der Waals surface area contributed by atoms with Crippen LogP contribution in [0.15, 0.2) is 36.4 Å². The van der Waals surface area contributed by atoms with Gasteiger partial charge in [-0.2, -0.15) is 0 Å². The number of para-hydroxylation sites is 1. The van der Waals surface area contributed by atoms with E-state index in [0.29, 0.717) is 13.2 Å². The molecular formula is C21H25NO4. The maximum Gasteiger partial charge on any atom is 0.312 e. The number of benzene rings is 1. The SMILES string of the molecule is CCCCOC(=O)C1[C@H]2C(=O)N(c3ccccc3CC)C[C@]23C=C[C@H]1O3. The zero-order valence-corrected chi connectivity index (χ0v) is 15.3. The maximum atomic E-state index is 13.3. The summed E-state index contributed by atoms with van der Waals surface area (Å²) in [5, 5.41) is 0. The molecule has 0 saturated carbocycles. The third kappa shape index (κ3) is 2.49. The van der Waals surface area contributed by atoms with Gasteiger partial charge in [0.25, 0.3) is 0 Å². The predicted molar refractivity (Wildman–Crippen MR) is 97.8 cm³/mol. The van der Waals surface area contributed by atoms with Crippen molar-refractivity contribution in [2.45, 2.75) is 44.8 Å². The Morgan fingerprint density at radius 2 is 2.15 bits per heavy atom. The first kappa shape index (κ1) is 17.3. The molecule has 4 atom stereocenters. The number of unbranched alkanes of at least 4 members (excludes halogenated alkanes) is 1. The second-order valence-corrected chi connectivity index (χ2v) is 7.33. The van der Waals surface area contributed by atoms with Crippen LogP contribution in [-0.2, 0) is 25.5 Å². The number of anilines is 1. The maximum absolute atomic E-state index is 13.3. The fraction of sp³-hybridized carbons (Fsp3) is 0.524. The van der Waals surface area contributed by atoms with Gasteiger partial charge in [-0.3, -0.25) is 9.59 Å². The summed E-state index contributed by atoms with van der Waals surface area (Å²) in [5.41, 5.74) is 1.34. The molecule has 3 heterocycles. The van der Waals surface area contributed by atoms with Crippen molar-refractivity contribution >= 4 is 17.6 Å². The topological polar surface area (TPSA) is 55.8 Å². The molecule has 2 bridgehead atoms. The highest BCUT2D eigenvalue weighted by Gasteiger charge is 2.67. The lowest BCUT2D eigenvalue weighted by atomic mass is 9.77. The minimum atomic E-state index is -0.697. The van der Waals surface area contributed by atoms with Gasteiger partial charge >= 0.3 is 5.97 Å². The molecule has 1 aromatic carbocycles. The number of hydrogen-bond acceptors (Lipinski definition) is 4. The van der Waals surface area contributed by atoms with E-state index < -0.39 is 17.4 Å². The smallest absolute Gasteiger partial charge is 0.312 e. The van der Waals surface area contributed by atoms with Crippen LogP contribution in [0.25, 0.3) is 0 Å². The number of ether oxygens (including phenoxy) is 2. The fourth-order valence-electron chi connectivity index (χ4n) is 4.46. The number of carbonyl (C=O) groups is 2. The molecule has 3 aliphatic rings. The number of amides is 1. The number of esters is 1. The summed E-state index contributed by atoms with van der Waals surface area (Å²) in [6.07, 6.45) is 6.20. The standard InChI is InChI=1S/C21H25NO4/c1-3-5-12-25-20(24)17-16-10-11-21(26-16)13-22(19(23)18(17)21)15-9-7-6-8-14(15)4-2/h6-11,16-18H,3-5,12-13H2,1-2H3/t16-,17?,18+,21-/m1/s1. The molecule has 2 saturated heterocycles. The van der Waals surface area contributed by atoms with E-state index in [-0.39, 0.29) is 18.0 Å². The number of aryl methyl sites for hydroxylation is 1. The number of carbonyl (C=O) groups excluding carboxylic acids is 2. The Bertz CT molecular complexity index is 758. The molecule has 0 aromatic heterocycles. The van der Waals surface area contributed by atoms with E-state index in [9.17, 15) is 9.59 Å². The van der Waals surface area contributed by atoms with Gasteiger partial charge in [0.1, 0.15) is 11.5 Å². The molecule has 138 valence electrons. The van der Waals surface area contributed by atoms with Crippen LogP contribution in [0.5, 0.6) is 0 Å². The van der Waals surface area contributed by atoms with Gasteiger partial charge in [-0.05, 0) is 24.5 Å². The van der Waals surface area contributed by atoms with Crippen LogP contribution < -0.4 is 4.90 Å². The zero-order valence-electron chi connectivity index (χ0n) is 15.3. The van der Waals surface area contributed by atoms with E-state index in [1.807, 2.05) is 36.4 Å². The molecule has 1 spiro atoms. The van der Waals surface area contributed by atoms with Crippen LogP contribution in [0.1, 0.15) is 32.3 Å². The molecule has 1 aromatic rings. The third-order valence-electron chi connectivity index (χ3n) is 5.78. The van der Waals surface area contributed by atoms with Gasteiger partial charge in [-0.25, -0.2) is 0 Å². The molecule has 3 aliphatic heterocycles. The average Bonchev–Trinajstić information content (AvgIpc) is 3.30. The monoisotopic (exact) mass is 355 g/mol.